The van der Waals surface area contributed by atoms with Gasteiger partial charge in [-0.05, 0) is 17.9 Å². The Kier molecular flexibility index (Phi) is 3.43. The quantitative estimate of drug-likeness (QED) is 0.878. The van der Waals surface area contributed by atoms with Gasteiger partial charge in [0, 0.05) is 24.9 Å². The van der Waals surface area contributed by atoms with E-state index in [0.29, 0.717) is 24.7 Å². The van der Waals surface area contributed by atoms with E-state index in [9.17, 15) is 4.79 Å². The molecule has 18 heavy (non-hydrogen) atoms. The van der Waals surface area contributed by atoms with Crippen LogP contribution in [0.3, 0.4) is 0 Å². The molecule has 0 aromatic heterocycles. The summed E-state index contributed by atoms with van der Waals surface area (Å²) in [6.45, 7) is 2.31. The fourth-order valence-electron chi connectivity index (χ4n) is 2.76. The summed E-state index contributed by atoms with van der Waals surface area (Å²) in [5, 5.41) is 3.34. The molecule has 2 aliphatic rings. The zero-order valence-corrected chi connectivity index (χ0v) is 10.5. The van der Waals surface area contributed by atoms with Crippen molar-refractivity contribution in [2.24, 2.45) is 5.92 Å². The molecule has 3 atom stereocenters. The number of rotatable bonds is 4. The molecule has 1 saturated heterocycles. The first-order valence-corrected chi connectivity index (χ1v) is 6.73. The maximum Gasteiger partial charge on any atom is 0.138 e. The molecule has 1 aromatic carbocycles. The SMILES string of the molecule is O=C(CC1COCCN1)C1CC1c1ccccc1. The van der Waals surface area contributed by atoms with Gasteiger partial charge in [-0.3, -0.25) is 4.79 Å². The molecule has 1 heterocycles. The number of ketones is 1. The van der Waals surface area contributed by atoms with Gasteiger partial charge in [0.2, 0.25) is 0 Å². The van der Waals surface area contributed by atoms with Gasteiger partial charge < -0.3 is 10.1 Å². The zero-order valence-electron chi connectivity index (χ0n) is 10.5. The molecule has 1 aliphatic carbocycles. The van der Waals surface area contributed by atoms with E-state index < -0.39 is 0 Å². The highest BCUT2D eigenvalue weighted by Crippen LogP contribution is 2.48. The lowest BCUT2D eigenvalue weighted by Gasteiger charge is -2.23. The van der Waals surface area contributed by atoms with Crippen LogP contribution >= 0.6 is 0 Å². The number of benzene rings is 1. The molecule has 0 spiro atoms. The van der Waals surface area contributed by atoms with Crippen molar-refractivity contribution in [1.29, 1.82) is 0 Å². The molecule has 0 bridgehead atoms. The molecule has 3 heteroatoms. The molecule has 96 valence electrons. The average Bonchev–Trinajstić information content (AvgIpc) is 3.21. The van der Waals surface area contributed by atoms with Crippen LogP contribution in [-0.4, -0.2) is 31.6 Å². The second-order valence-corrected chi connectivity index (χ2v) is 5.26. The minimum Gasteiger partial charge on any atom is -0.379 e. The fourth-order valence-corrected chi connectivity index (χ4v) is 2.76. The van der Waals surface area contributed by atoms with E-state index in [1.54, 1.807) is 0 Å². The summed E-state index contributed by atoms with van der Waals surface area (Å²) >= 11 is 0. The second kappa shape index (κ2) is 5.21. The molecule has 2 fully saturated rings. The summed E-state index contributed by atoms with van der Waals surface area (Å²) in [4.78, 5) is 12.2. The van der Waals surface area contributed by atoms with Crippen LogP contribution in [0.25, 0.3) is 0 Å². The molecule has 1 saturated carbocycles. The number of hydrogen-bond donors (Lipinski definition) is 1. The highest BCUT2D eigenvalue weighted by molar-refractivity contribution is 5.85. The fraction of sp³-hybridized carbons (Fsp3) is 0.533. The van der Waals surface area contributed by atoms with Gasteiger partial charge in [0.05, 0.1) is 13.2 Å². The molecule has 1 N–H and O–H groups in total. The first-order chi connectivity index (χ1) is 8.84. The lowest BCUT2D eigenvalue weighted by atomic mass is 10.0. The van der Waals surface area contributed by atoms with Crippen LogP contribution in [0.2, 0.25) is 0 Å². The Morgan fingerprint density at radius 3 is 2.89 bits per heavy atom. The number of carbonyl (C=O) groups excluding carboxylic acids is 1. The summed E-state index contributed by atoms with van der Waals surface area (Å²) in [5.41, 5.74) is 1.31. The highest BCUT2D eigenvalue weighted by atomic mass is 16.5. The van der Waals surface area contributed by atoms with Crippen LogP contribution in [0, 0.1) is 5.92 Å². The Balaban J connectivity index is 1.53. The van der Waals surface area contributed by atoms with E-state index in [-0.39, 0.29) is 12.0 Å². The van der Waals surface area contributed by atoms with E-state index in [0.717, 1.165) is 19.6 Å². The van der Waals surface area contributed by atoms with Crippen molar-refractivity contribution in [2.45, 2.75) is 24.8 Å². The third-order valence-electron chi connectivity index (χ3n) is 3.88. The van der Waals surface area contributed by atoms with E-state index in [4.69, 9.17) is 4.74 Å². The smallest absolute Gasteiger partial charge is 0.138 e. The predicted molar refractivity (Wildman–Crippen MR) is 69.5 cm³/mol. The molecular formula is C15H19NO2. The third-order valence-corrected chi connectivity index (χ3v) is 3.88. The molecule has 0 radical (unpaired) electrons. The number of ether oxygens (including phenoxy) is 1. The van der Waals surface area contributed by atoms with Gasteiger partial charge in [-0.1, -0.05) is 30.3 Å². The zero-order chi connectivity index (χ0) is 12.4. The van der Waals surface area contributed by atoms with Crippen molar-refractivity contribution in [1.82, 2.24) is 5.32 Å². The maximum atomic E-state index is 12.2. The standard InChI is InChI=1S/C15H19NO2/c17-15(8-12-10-18-7-6-16-12)14-9-13(14)11-4-2-1-3-5-11/h1-5,12-14,16H,6-10H2. The van der Waals surface area contributed by atoms with E-state index in [1.807, 2.05) is 18.2 Å². The van der Waals surface area contributed by atoms with Gasteiger partial charge in [-0.25, -0.2) is 0 Å². The largest absolute Gasteiger partial charge is 0.379 e. The van der Waals surface area contributed by atoms with Gasteiger partial charge in [0.25, 0.3) is 0 Å². The van der Waals surface area contributed by atoms with E-state index in [1.165, 1.54) is 5.56 Å². The van der Waals surface area contributed by atoms with Crippen molar-refractivity contribution in [2.75, 3.05) is 19.8 Å². The molecule has 1 aromatic rings. The summed E-state index contributed by atoms with van der Waals surface area (Å²) in [7, 11) is 0. The summed E-state index contributed by atoms with van der Waals surface area (Å²) in [5.74, 6) is 1.10. The van der Waals surface area contributed by atoms with Crippen molar-refractivity contribution >= 4 is 5.78 Å². The number of morpholine rings is 1. The van der Waals surface area contributed by atoms with Crippen molar-refractivity contribution < 1.29 is 9.53 Å². The van der Waals surface area contributed by atoms with Crippen LogP contribution in [0.4, 0.5) is 0 Å². The van der Waals surface area contributed by atoms with Crippen molar-refractivity contribution in [3.63, 3.8) is 0 Å². The number of Topliss-reactive ketones (excluding diaryl/α,β-unsaturated/α-hetero) is 1. The minimum absolute atomic E-state index is 0.225. The number of carbonyl (C=O) groups is 1. The maximum absolute atomic E-state index is 12.2. The molecule has 3 nitrogen and oxygen atoms in total. The highest BCUT2D eigenvalue weighted by Gasteiger charge is 2.43. The van der Waals surface area contributed by atoms with Crippen LogP contribution in [0.5, 0.6) is 0 Å². The second-order valence-electron chi connectivity index (χ2n) is 5.26. The van der Waals surface area contributed by atoms with Crippen LogP contribution in [0.15, 0.2) is 30.3 Å². The third kappa shape index (κ3) is 2.62. The molecular weight excluding hydrogens is 226 g/mol. The summed E-state index contributed by atoms with van der Waals surface area (Å²) < 4.78 is 5.38. The van der Waals surface area contributed by atoms with Crippen LogP contribution in [-0.2, 0) is 9.53 Å². The summed E-state index contributed by atoms with van der Waals surface area (Å²) in [6.07, 6.45) is 1.64. The van der Waals surface area contributed by atoms with Gasteiger partial charge in [-0.15, -0.1) is 0 Å². The minimum atomic E-state index is 0.225. The Hall–Kier alpha value is -1.19. The van der Waals surface area contributed by atoms with Gasteiger partial charge in [0.1, 0.15) is 5.78 Å². The lowest BCUT2D eigenvalue weighted by molar-refractivity contribution is -0.121. The van der Waals surface area contributed by atoms with Crippen molar-refractivity contribution in [3.05, 3.63) is 35.9 Å². The first-order valence-electron chi connectivity index (χ1n) is 6.73. The molecule has 3 rings (SSSR count). The van der Waals surface area contributed by atoms with Gasteiger partial charge >= 0.3 is 0 Å². The Bertz CT molecular complexity index is 412. The molecule has 0 amide bonds. The predicted octanol–water partition coefficient (Wildman–Crippen LogP) is 1.74. The number of hydrogen-bond acceptors (Lipinski definition) is 3. The van der Waals surface area contributed by atoms with Crippen LogP contribution in [0.1, 0.15) is 24.3 Å². The number of nitrogens with one attached hydrogen (secondary N) is 1. The normalized spacial score (nSPS) is 31.0. The monoisotopic (exact) mass is 245 g/mol. The lowest BCUT2D eigenvalue weighted by Crippen LogP contribution is -2.42. The van der Waals surface area contributed by atoms with Gasteiger partial charge in [-0.2, -0.15) is 0 Å². The summed E-state index contributed by atoms with van der Waals surface area (Å²) in [6, 6.07) is 10.6. The topological polar surface area (TPSA) is 38.3 Å². The first kappa shape index (κ1) is 11.9. The Labute approximate surface area is 108 Å². The molecule has 3 unspecified atom stereocenters. The van der Waals surface area contributed by atoms with Gasteiger partial charge in [0.15, 0.2) is 0 Å². The molecule has 1 aliphatic heterocycles. The average molecular weight is 245 g/mol. The van der Waals surface area contributed by atoms with Crippen LogP contribution < -0.4 is 5.32 Å². The van der Waals surface area contributed by atoms with Crippen molar-refractivity contribution in [3.8, 4) is 0 Å². The Morgan fingerprint density at radius 1 is 1.33 bits per heavy atom. The van der Waals surface area contributed by atoms with E-state index >= 15 is 0 Å². The van der Waals surface area contributed by atoms with E-state index in [2.05, 4.69) is 17.4 Å². The Morgan fingerprint density at radius 2 is 2.17 bits per heavy atom.